The van der Waals surface area contributed by atoms with E-state index in [2.05, 4.69) is 17.3 Å². The number of hydrogen-bond donors (Lipinski definition) is 1. The van der Waals surface area contributed by atoms with Crippen molar-refractivity contribution >= 4 is 11.6 Å². The van der Waals surface area contributed by atoms with E-state index < -0.39 is 0 Å². The van der Waals surface area contributed by atoms with Crippen LogP contribution in [0.5, 0.6) is 0 Å². The molecule has 1 N–H and O–H groups in total. The third-order valence-electron chi connectivity index (χ3n) is 3.73. The highest BCUT2D eigenvalue weighted by Gasteiger charge is 2.22. The van der Waals surface area contributed by atoms with Crippen LogP contribution in [-0.2, 0) is 4.79 Å². The number of amides is 1. The number of nitrogens with one attached hydrogen (secondary N) is 1. The number of rotatable bonds is 3. The molecule has 1 unspecified atom stereocenters. The average Bonchev–Trinajstić information content (AvgIpc) is 2.38. The molecule has 4 nitrogen and oxygen atoms in total. The summed E-state index contributed by atoms with van der Waals surface area (Å²) in [4.78, 5) is 16.4. The predicted octanol–water partition coefficient (Wildman–Crippen LogP) is 1.25. The van der Waals surface area contributed by atoms with Crippen molar-refractivity contribution in [3.8, 4) is 0 Å². The van der Waals surface area contributed by atoms with E-state index in [1.807, 2.05) is 38.2 Å². The molecular formula is C15H23N3O. The lowest BCUT2D eigenvalue weighted by atomic mass is 10.1. The number of likely N-dealkylation sites (N-methyl/N-ethyl adjacent to an activating group) is 1. The van der Waals surface area contributed by atoms with E-state index in [0.717, 1.165) is 30.9 Å². The summed E-state index contributed by atoms with van der Waals surface area (Å²) in [5.41, 5.74) is 2.13. The van der Waals surface area contributed by atoms with Gasteiger partial charge in [0.05, 0.1) is 0 Å². The molecule has 2 rings (SSSR count). The molecule has 1 amide bonds. The van der Waals surface area contributed by atoms with Crippen molar-refractivity contribution in [1.29, 1.82) is 0 Å². The average molecular weight is 261 g/mol. The molecule has 0 spiro atoms. The lowest BCUT2D eigenvalue weighted by molar-refractivity contribution is -0.119. The Labute approximate surface area is 115 Å². The molecule has 1 aliphatic heterocycles. The molecule has 104 valence electrons. The van der Waals surface area contributed by atoms with E-state index >= 15 is 0 Å². The number of carbonyl (C=O) groups is 1. The summed E-state index contributed by atoms with van der Waals surface area (Å²) < 4.78 is 0. The van der Waals surface area contributed by atoms with Crippen molar-refractivity contribution in [1.82, 2.24) is 10.2 Å². The van der Waals surface area contributed by atoms with Crippen LogP contribution in [0, 0.1) is 6.92 Å². The number of nitrogens with zero attached hydrogens (tertiary/aromatic N) is 2. The van der Waals surface area contributed by atoms with Crippen molar-refractivity contribution in [3.05, 3.63) is 29.8 Å². The summed E-state index contributed by atoms with van der Waals surface area (Å²) >= 11 is 0. The van der Waals surface area contributed by atoms with Crippen molar-refractivity contribution in [2.45, 2.75) is 19.4 Å². The number of benzene rings is 1. The van der Waals surface area contributed by atoms with Gasteiger partial charge in [0.2, 0.25) is 5.91 Å². The molecule has 1 saturated heterocycles. The van der Waals surface area contributed by atoms with Crippen LogP contribution < -0.4 is 10.2 Å². The number of piperazine rings is 1. The maximum atomic E-state index is 12.3. The van der Waals surface area contributed by atoms with Gasteiger partial charge < -0.3 is 15.1 Å². The van der Waals surface area contributed by atoms with Gasteiger partial charge in [0.15, 0.2) is 0 Å². The Morgan fingerprint density at radius 2 is 2.21 bits per heavy atom. The standard InChI is InChI=1S/C15H23N3O/c1-12-6-4-5-7-14(12)18(3)15(19)10-13-11-17(2)9-8-16-13/h4-7,13,16H,8-11H2,1-3H3. The van der Waals surface area contributed by atoms with E-state index in [9.17, 15) is 4.79 Å². The highest BCUT2D eigenvalue weighted by Crippen LogP contribution is 2.19. The van der Waals surface area contributed by atoms with Gasteiger partial charge >= 0.3 is 0 Å². The highest BCUT2D eigenvalue weighted by molar-refractivity contribution is 5.93. The Balaban J connectivity index is 1.98. The molecule has 1 fully saturated rings. The van der Waals surface area contributed by atoms with E-state index in [-0.39, 0.29) is 11.9 Å². The molecule has 1 aromatic rings. The second-order valence-electron chi connectivity index (χ2n) is 5.36. The molecule has 0 saturated carbocycles. The molecule has 1 aromatic carbocycles. The molecule has 0 aromatic heterocycles. The topological polar surface area (TPSA) is 35.6 Å². The fourth-order valence-electron chi connectivity index (χ4n) is 2.55. The summed E-state index contributed by atoms with van der Waals surface area (Å²) in [6.45, 7) is 4.99. The van der Waals surface area contributed by atoms with Crippen LogP contribution in [0.25, 0.3) is 0 Å². The fourth-order valence-corrected chi connectivity index (χ4v) is 2.55. The Morgan fingerprint density at radius 3 is 2.89 bits per heavy atom. The summed E-state index contributed by atoms with van der Waals surface area (Å²) in [6, 6.07) is 8.25. The predicted molar refractivity (Wildman–Crippen MR) is 78.5 cm³/mol. The normalized spacial score (nSPS) is 20.3. The van der Waals surface area contributed by atoms with Crippen LogP contribution in [-0.4, -0.2) is 50.6 Å². The smallest absolute Gasteiger partial charge is 0.228 e. The molecule has 0 bridgehead atoms. The number of hydrogen-bond acceptors (Lipinski definition) is 3. The zero-order chi connectivity index (χ0) is 13.8. The van der Waals surface area contributed by atoms with E-state index in [0.29, 0.717) is 6.42 Å². The number of anilines is 1. The van der Waals surface area contributed by atoms with Gasteiger partial charge in [0.1, 0.15) is 0 Å². The first-order chi connectivity index (χ1) is 9.08. The minimum atomic E-state index is 0.169. The summed E-state index contributed by atoms with van der Waals surface area (Å²) in [6.07, 6.45) is 0.551. The molecule has 1 aliphatic rings. The molecule has 19 heavy (non-hydrogen) atoms. The van der Waals surface area contributed by atoms with Crippen LogP contribution >= 0.6 is 0 Å². The summed E-state index contributed by atoms with van der Waals surface area (Å²) in [5.74, 6) is 0.169. The zero-order valence-corrected chi connectivity index (χ0v) is 12.0. The van der Waals surface area contributed by atoms with Crippen LogP contribution in [0.2, 0.25) is 0 Å². The van der Waals surface area contributed by atoms with Crippen molar-refractivity contribution in [2.75, 3.05) is 38.6 Å². The number of aryl methyl sites for hydroxylation is 1. The number of carbonyl (C=O) groups excluding carboxylic acids is 1. The van der Waals surface area contributed by atoms with Crippen LogP contribution in [0.1, 0.15) is 12.0 Å². The lowest BCUT2D eigenvalue weighted by Gasteiger charge is -2.31. The zero-order valence-electron chi connectivity index (χ0n) is 12.0. The monoisotopic (exact) mass is 261 g/mol. The Hall–Kier alpha value is -1.39. The van der Waals surface area contributed by atoms with Gasteiger partial charge in [0, 0.05) is 44.8 Å². The summed E-state index contributed by atoms with van der Waals surface area (Å²) in [7, 11) is 3.96. The van der Waals surface area contributed by atoms with Gasteiger partial charge in [-0.15, -0.1) is 0 Å². The molecule has 0 aliphatic carbocycles. The fraction of sp³-hybridized carbons (Fsp3) is 0.533. The minimum absolute atomic E-state index is 0.169. The largest absolute Gasteiger partial charge is 0.315 e. The maximum Gasteiger partial charge on any atom is 0.228 e. The molecule has 0 radical (unpaired) electrons. The van der Waals surface area contributed by atoms with E-state index in [1.165, 1.54) is 0 Å². The van der Waals surface area contributed by atoms with E-state index in [4.69, 9.17) is 0 Å². The van der Waals surface area contributed by atoms with Crippen LogP contribution in [0.15, 0.2) is 24.3 Å². The van der Waals surface area contributed by atoms with Gasteiger partial charge in [-0.05, 0) is 25.6 Å². The maximum absolute atomic E-state index is 12.3. The van der Waals surface area contributed by atoms with Gasteiger partial charge in [0.25, 0.3) is 0 Å². The van der Waals surface area contributed by atoms with Crippen LogP contribution in [0.3, 0.4) is 0 Å². The summed E-state index contributed by atoms with van der Waals surface area (Å²) in [5, 5.41) is 3.41. The van der Waals surface area contributed by atoms with Gasteiger partial charge in [-0.25, -0.2) is 0 Å². The first-order valence-corrected chi connectivity index (χ1v) is 6.82. The quantitative estimate of drug-likeness (QED) is 0.889. The SMILES string of the molecule is Cc1ccccc1N(C)C(=O)CC1CN(C)CCN1. The van der Waals surface area contributed by atoms with Crippen LogP contribution in [0.4, 0.5) is 5.69 Å². The molecule has 1 heterocycles. The minimum Gasteiger partial charge on any atom is -0.315 e. The Morgan fingerprint density at radius 1 is 1.47 bits per heavy atom. The Kier molecular flexibility index (Phi) is 4.56. The van der Waals surface area contributed by atoms with Crippen molar-refractivity contribution < 1.29 is 4.79 Å². The third kappa shape index (κ3) is 3.55. The number of para-hydroxylation sites is 1. The van der Waals surface area contributed by atoms with Gasteiger partial charge in [-0.1, -0.05) is 18.2 Å². The second-order valence-corrected chi connectivity index (χ2v) is 5.36. The van der Waals surface area contributed by atoms with E-state index in [1.54, 1.807) is 4.90 Å². The lowest BCUT2D eigenvalue weighted by Crippen LogP contribution is -2.50. The first-order valence-electron chi connectivity index (χ1n) is 6.82. The third-order valence-corrected chi connectivity index (χ3v) is 3.73. The molecule has 4 heteroatoms. The van der Waals surface area contributed by atoms with Crippen molar-refractivity contribution in [3.63, 3.8) is 0 Å². The molecular weight excluding hydrogens is 238 g/mol. The Bertz CT molecular complexity index is 447. The first kappa shape index (κ1) is 14.0. The highest BCUT2D eigenvalue weighted by atomic mass is 16.2. The molecule has 1 atom stereocenters. The van der Waals surface area contributed by atoms with Crippen molar-refractivity contribution in [2.24, 2.45) is 0 Å². The second kappa shape index (κ2) is 6.17. The van der Waals surface area contributed by atoms with Gasteiger partial charge in [-0.2, -0.15) is 0 Å². The van der Waals surface area contributed by atoms with Gasteiger partial charge in [-0.3, -0.25) is 4.79 Å².